The smallest absolute Gasteiger partial charge is 0.292 e. The molecule has 78 valence electrons. The summed E-state index contributed by atoms with van der Waals surface area (Å²) in [6, 6.07) is 4.25. The lowest BCUT2D eigenvalue weighted by Crippen LogP contribution is -2.22. The van der Waals surface area contributed by atoms with Gasteiger partial charge in [-0.3, -0.25) is 5.32 Å². The Morgan fingerprint density at radius 1 is 1.21 bits per heavy atom. The van der Waals surface area contributed by atoms with Crippen LogP contribution in [0.3, 0.4) is 0 Å². The Morgan fingerprint density at radius 3 is 2.50 bits per heavy atom. The molecular formula is C9H11F2NO2. The molecule has 0 heterocycles. The van der Waals surface area contributed by atoms with E-state index in [2.05, 4.69) is 0 Å². The molecule has 3 N–H and O–H groups in total. The number of phenolic OH excluding ortho intramolecular Hbond substituents is 2. The number of nitrogens with one attached hydrogen (secondary N) is 1. The van der Waals surface area contributed by atoms with E-state index < -0.39 is 6.55 Å². The zero-order chi connectivity index (χ0) is 10.6. The molecular weight excluding hydrogens is 192 g/mol. The summed E-state index contributed by atoms with van der Waals surface area (Å²) in [5.74, 6) is -0.449. The number of aromatic hydroxyl groups is 2. The van der Waals surface area contributed by atoms with Crippen molar-refractivity contribution in [2.75, 3.05) is 6.54 Å². The summed E-state index contributed by atoms with van der Waals surface area (Å²) >= 11 is 0. The molecule has 1 aromatic rings. The van der Waals surface area contributed by atoms with Crippen LogP contribution in [0.4, 0.5) is 8.78 Å². The molecule has 0 amide bonds. The molecule has 1 rings (SSSR count). The van der Waals surface area contributed by atoms with Gasteiger partial charge in [0, 0.05) is 6.54 Å². The summed E-state index contributed by atoms with van der Waals surface area (Å²) in [7, 11) is 0. The lowest BCUT2D eigenvalue weighted by Gasteiger charge is -2.04. The van der Waals surface area contributed by atoms with Gasteiger partial charge in [0.05, 0.1) is 0 Å². The summed E-state index contributed by atoms with van der Waals surface area (Å²) < 4.78 is 23.4. The molecule has 0 saturated heterocycles. The number of phenols is 2. The second kappa shape index (κ2) is 4.76. The summed E-state index contributed by atoms with van der Waals surface area (Å²) in [4.78, 5) is 0. The zero-order valence-electron chi connectivity index (χ0n) is 7.37. The van der Waals surface area contributed by atoms with Gasteiger partial charge in [0.1, 0.15) is 0 Å². The first-order valence-corrected chi connectivity index (χ1v) is 4.12. The third kappa shape index (κ3) is 3.18. The van der Waals surface area contributed by atoms with E-state index in [9.17, 15) is 8.78 Å². The minimum Gasteiger partial charge on any atom is -0.504 e. The molecule has 0 aliphatic carbocycles. The van der Waals surface area contributed by atoms with Crippen LogP contribution >= 0.6 is 0 Å². The lowest BCUT2D eigenvalue weighted by atomic mass is 10.1. The number of alkyl halides is 2. The van der Waals surface area contributed by atoms with Crippen molar-refractivity contribution in [3.05, 3.63) is 23.8 Å². The molecule has 3 nitrogen and oxygen atoms in total. The topological polar surface area (TPSA) is 52.5 Å². The van der Waals surface area contributed by atoms with Crippen LogP contribution in [0.25, 0.3) is 0 Å². The molecule has 0 radical (unpaired) electrons. The normalized spacial score (nSPS) is 10.8. The molecule has 0 aliphatic heterocycles. The average molecular weight is 203 g/mol. The van der Waals surface area contributed by atoms with Gasteiger partial charge >= 0.3 is 0 Å². The van der Waals surface area contributed by atoms with Crippen molar-refractivity contribution in [2.45, 2.75) is 13.0 Å². The Balaban J connectivity index is 2.47. The molecule has 0 saturated carbocycles. The van der Waals surface area contributed by atoms with Crippen LogP contribution in [0.15, 0.2) is 18.2 Å². The van der Waals surface area contributed by atoms with Crippen molar-refractivity contribution in [3.63, 3.8) is 0 Å². The Hall–Kier alpha value is -1.36. The second-order valence-corrected chi connectivity index (χ2v) is 2.83. The van der Waals surface area contributed by atoms with Crippen LogP contribution in [-0.4, -0.2) is 23.3 Å². The van der Waals surface area contributed by atoms with E-state index >= 15 is 0 Å². The van der Waals surface area contributed by atoms with E-state index in [4.69, 9.17) is 10.2 Å². The largest absolute Gasteiger partial charge is 0.504 e. The molecule has 0 bridgehead atoms. The minimum atomic E-state index is -2.53. The minimum absolute atomic E-state index is 0.127. The van der Waals surface area contributed by atoms with E-state index in [0.29, 0.717) is 12.0 Å². The zero-order valence-corrected chi connectivity index (χ0v) is 7.37. The standard InChI is InChI=1S/C9H11F2NO2/c10-9(11)12-4-3-6-1-2-7(13)8(14)5-6/h1-2,5,9,12-14H,3-4H2. The molecule has 5 heteroatoms. The number of hydrogen-bond acceptors (Lipinski definition) is 3. The Labute approximate surface area is 80.0 Å². The van der Waals surface area contributed by atoms with Crippen LogP contribution in [0.5, 0.6) is 11.5 Å². The monoisotopic (exact) mass is 203 g/mol. The number of rotatable bonds is 4. The van der Waals surface area contributed by atoms with Gasteiger partial charge in [0.25, 0.3) is 6.55 Å². The van der Waals surface area contributed by atoms with E-state index in [0.717, 1.165) is 0 Å². The maximum Gasteiger partial charge on any atom is 0.292 e. The molecule has 0 aliphatic rings. The van der Waals surface area contributed by atoms with Crippen LogP contribution in [0, 0.1) is 0 Å². The molecule has 0 spiro atoms. The quantitative estimate of drug-likeness (QED) is 0.513. The molecule has 0 aromatic heterocycles. The number of benzene rings is 1. The predicted molar refractivity (Wildman–Crippen MR) is 47.5 cm³/mol. The maximum absolute atomic E-state index is 11.7. The van der Waals surface area contributed by atoms with Gasteiger partial charge in [0.15, 0.2) is 11.5 Å². The fourth-order valence-electron chi connectivity index (χ4n) is 1.05. The van der Waals surface area contributed by atoms with Gasteiger partial charge < -0.3 is 10.2 Å². The first-order chi connectivity index (χ1) is 6.59. The summed E-state index contributed by atoms with van der Waals surface area (Å²) in [6.07, 6.45) is 0.373. The molecule has 0 unspecified atom stereocenters. The van der Waals surface area contributed by atoms with Crippen molar-refractivity contribution in [1.29, 1.82) is 0 Å². The third-order valence-corrected chi connectivity index (χ3v) is 1.75. The molecule has 14 heavy (non-hydrogen) atoms. The maximum atomic E-state index is 11.7. The number of hydrogen-bond donors (Lipinski definition) is 3. The van der Waals surface area contributed by atoms with Gasteiger partial charge in [-0.1, -0.05) is 6.07 Å². The lowest BCUT2D eigenvalue weighted by molar-refractivity contribution is 0.109. The van der Waals surface area contributed by atoms with Crippen LogP contribution < -0.4 is 5.32 Å². The summed E-state index contributed by atoms with van der Waals surface area (Å²) in [5, 5.41) is 20.0. The van der Waals surface area contributed by atoms with Gasteiger partial charge in [-0.25, -0.2) is 0 Å². The second-order valence-electron chi connectivity index (χ2n) is 2.83. The molecule has 0 fully saturated rings. The number of halogens is 2. The third-order valence-electron chi connectivity index (χ3n) is 1.75. The Bertz CT molecular complexity index is 305. The van der Waals surface area contributed by atoms with Crippen molar-refractivity contribution in [1.82, 2.24) is 5.32 Å². The first kappa shape index (κ1) is 10.7. The van der Waals surface area contributed by atoms with Crippen LogP contribution in [0.1, 0.15) is 5.56 Å². The van der Waals surface area contributed by atoms with Crippen LogP contribution in [-0.2, 0) is 6.42 Å². The van der Waals surface area contributed by atoms with Crippen molar-refractivity contribution >= 4 is 0 Å². The summed E-state index contributed by atoms with van der Waals surface area (Å²) in [5.41, 5.74) is 0.688. The first-order valence-electron chi connectivity index (χ1n) is 4.12. The molecule has 0 atom stereocenters. The predicted octanol–water partition coefficient (Wildman–Crippen LogP) is 1.45. The molecule has 1 aromatic carbocycles. The van der Waals surface area contributed by atoms with Crippen molar-refractivity contribution in [3.8, 4) is 11.5 Å². The van der Waals surface area contributed by atoms with E-state index in [-0.39, 0.29) is 18.0 Å². The Morgan fingerprint density at radius 2 is 1.93 bits per heavy atom. The van der Waals surface area contributed by atoms with Crippen LogP contribution in [0.2, 0.25) is 0 Å². The highest BCUT2D eigenvalue weighted by Crippen LogP contribution is 2.24. The van der Waals surface area contributed by atoms with E-state index in [1.165, 1.54) is 12.1 Å². The van der Waals surface area contributed by atoms with Crippen molar-refractivity contribution in [2.24, 2.45) is 0 Å². The van der Waals surface area contributed by atoms with E-state index in [1.54, 1.807) is 6.07 Å². The summed E-state index contributed by atoms with van der Waals surface area (Å²) in [6.45, 7) is -2.40. The van der Waals surface area contributed by atoms with Gasteiger partial charge in [-0.2, -0.15) is 8.78 Å². The van der Waals surface area contributed by atoms with Crippen molar-refractivity contribution < 1.29 is 19.0 Å². The fourth-order valence-corrected chi connectivity index (χ4v) is 1.05. The fraction of sp³-hybridized carbons (Fsp3) is 0.333. The highest BCUT2D eigenvalue weighted by Gasteiger charge is 2.02. The highest BCUT2D eigenvalue weighted by molar-refractivity contribution is 5.40. The Kier molecular flexibility index (Phi) is 3.64. The van der Waals surface area contributed by atoms with E-state index in [1.807, 2.05) is 5.32 Å². The van der Waals surface area contributed by atoms with Gasteiger partial charge in [0.2, 0.25) is 0 Å². The highest BCUT2D eigenvalue weighted by atomic mass is 19.3. The van der Waals surface area contributed by atoms with Gasteiger partial charge in [-0.05, 0) is 24.1 Å². The van der Waals surface area contributed by atoms with Gasteiger partial charge in [-0.15, -0.1) is 0 Å². The SMILES string of the molecule is Oc1ccc(CCNC(F)F)cc1O. The average Bonchev–Trinajstić information content (AvgIpc) is 2.10.